The summed E-state index contributed by atoms with van der Waals surface area (Å²) >= 11 is 17.4. The Morgan fingerprint density at radius 2 is 1.94 bits per heavy atom. The molecule has 1 unspecified atom stereocenters. The van der Waals surface area contributed by atoms with Gasteiger partial charge in [0.2, 0.25) is 5.09 Å². The van der Waals surface area contributed by atoms with E-state index in [9.17, 15) is 0 Å². The Bertz CT molecular complexity index is 1420. The Kier molecular flexibility index (Phi) is 6.38. The van der Waals surface area contributed by atoms with Crippen LogP contribution in [-0.4, -0.2) is 19.5 Å². The van der Waals surface area contributed by atoms with Crippen LogP contribution in [0.15, 0.2) is 69.8 Å². The van der Waals surface area contributed by atoms with Gasteiger partial charge in [-0.2, -0.15) is 0 Å². The fourth-order valence-electron chi connectivity index (χ4n) is 3.40. The highest BCUT2D eigenvalue weighted by Gasteiger charge is 2.25. The van der Waals surface area contributed by atoms with Crippen molar-refractivity contribution in [3.8, 4) is 0 Å². The second kappa shape index (κ2) is 9.42. The molecule has 3 heterocycles. The average Bonchev–Trinajstić information content (AvgIpc) is 3.43. The molecule has 2 N–H and O–H groups in total. The molecular weight excluding hydrogens is 549 g/mol. The number of aromatic amines is 1. The number of aryl methyl sites for hydroxylation is 1. The van der Waals surface area contributed by atoms with Crippen molar-refractivity contribution in [1.29, 1.82) is 5.41 Å². The molecular formula is C22H16BrCl2N5O2S. The van der Waals surface area contributed by atoms with E-state index in [0.29, 0.717) is 44.4 Å². The number of nitrogens with zero attached hydrogens (tertiary/aromatic N) is 3. The number of imidazole rings is 1. The minimum atomic E-state index is -0.536. The van der Waals surface area contributed by atoms with E-state index in [1.807, 2.05) is 47.0 Å². The first-order chi connectivity index (χ1) is 16.0. The molecule has 0 spiro atoms. The molecule has 2 aromatic heterocycles. The zero-order chi connectivity index (χ0) is 22.9. The molecule has 5 rings (SSSR count). The van der Waals surface area contributed by atoms with Crippen molar-refractivity contribution < 1.29 is 9.47 Å². The molecule has 1 aliphatic heterocycles. The average molecular weight is 565 g/mol. The van der Waals surface area contributed by atoms with Crippen molar-refractivity contribution in [2.45, 2.75) is 24.4 Å². The maximum absolute atomic E-state index is 8.17. The van der Waals surface area contributed by atoms with Crippen LogP contribution in [-0.2, 0) is 22.4 Å². The van der Waals surface area contributed by atoms with E-state index in [4.69, 9.17) is 38.1 Å². The first kappa shape index (κ1) is 22.3. The van der Waals surface area contributed by atoms with Crippen molar-refractivity contribution in [2.24, 2.45) is 0 Å². The summed E-state index contributed by atoms with van der Waals surface area (Å²) in [4.78, 5) is 12.0. The Labute approximate surface area is 211 Å². The van der Waals surface area contributed by atoms with E-state index in [2.05, 4.69) is 30.9 Å². The highest BCUT2D eigenvalue weighted by Crippen LogP contribution is 2.39. The van der Waals surface area contributed by atoms with Crippen molar-refractivity contribution in [3.05, 3.63) is 91.3 Å². The van der Waals surface area contributed by atoms with E-state index >= 15 is 0 Å². The molecule has 1 atom stereocenters. The van der Waals surface area contributed by atoms with Crippen molar-refractivity contribution in [3.63, 3.8) is 0 Å². The van der Waals surface area contributed by atoms with Crippen LogP contribution in [0.25, 0.3) is 11.2 Å². The summed E-state index contributed by atoms with van der Waals surface area (Å²) in [5, 5.41) is 10.5. The molecule has 11 heteroatoms. The quantitative estimate of drug-likeness (QED) is 0.291. The third-order valence-corrected chi connectivity index (χ3v) is 7.24. The summed E-state index contributed by atoms with van der Waals surface area (Å²) in [6, 6.07) is 13.2. The van der Waals surface area contributed by atoms with E-state index in [1.54, 1.807) is 12.6 Å². The lowest BCUT2D eigenvalue weighted by atomic mass is 10.1. The van der Waals surface area contributed by atoms with Crippen LogP contribution < -0.4 is 5.49 Å². The predicted octanol–water partition coefficient (Wildman–Crippen LogP) is 6.19. The molecule has 168 valence electrons. The van der Waals surface area contributed by atoms with Gasteiger partial charge in [-0.25, -0.2) is 9.97 Å². The van der Waals surface area contributed by atoms with Gasteiger partial charge in [0.25, 0.3) is 6.29 Å². The van der Waals surface area contributed by atoms with Gasteiger partial charge in [0, 0.05) is 26.6 Å². The lowest BCUT2D eigenvalue weighted by Crippen LogP contribution is -2.13. The fraction of sp³-hybridized carbons (Fsp3) is 0.136. The largest absolute Gasteiger partial charge is 0.454 e. The number of nitrogens with one attached hydrogen (secondary N) is 2. The molecule has 0 saturated heterocycles. The van der Waals surface area contributed by atoms with Crippen LogP contribution in [0.5, 0.6) is 0 Å². The molecule has 7 nitrogen and oxygen atoms in total. The number of thioether (sulfide) groups is 1. The van der Waals surface area contributed by atoms with E-state index in [0.717, 1.165) is 15.6 Å². The molecule has 0 aliphatic carbocycles. The highest BCUT2D eigenvalue weighted by atomic mass is 79.9. The maximum Gasteiger partial charge on any atom is 0.268 e. The van der Waals surface area contributed by atoms with Gasteiger partial charge in [-0.1, -0.05) is 63.4 Å². The Morgan fingerprint density at radius 3 is 2.73 bits per heavy atom. The standard InChI is InChI=1S/C22H16BrCl2N5O2S/c23-14-5-2-1-4-12(14)21-31-10-17(32-21)33-22-28-18-19(26)27-11-30(20(18)29-22)9-8-13-15(24)6-3-7-16(13)25/h1-7,10-11,21,26H,8-9H2,(H,28,29). The van der Waals surface area contributed by atoms with Crippen molar-refractivity contribution in [1.82, 2.24) is 19.5 Å². The van der Waals surface area contributed by atoms with Gasteiger partial charge < -0.3 is 19.0 Å². The smallest absolute Gasteiger partial charge is 0.268 e. The van der Waals surface area contributed by atoms with Crippen LogP contribution >= 0.6 is 50.9 Å². The summed E-state index contributed by atoms with van der Waals surface area (Å²) in [6.45, 7) is 0.550. The lowest BCUT2D eigenvalue weighted by Gasteiger charge is -2.12. The minimum absolute atomic E-state index is 0.111. The third kappa shape index (κ3) is 4.63. The van der Waals surface area contributed by atoms with Crippen LogP contribution in [0.2, 0.25) is 10.0 Å². The Balaban J connectivity index is 1.35. The summed E-state index contributed by atoms with van der Waals surface area (Å²) in [6.07, 6.45) is 3.23. The molecule has 0 saturated carbocycles. The molecule has 33 heavy (non-hydrogen) atoms. The number of halogens is 3. The number of ether oxygens (including phenoxy) is 2. The zero-order valence-electron chi connectivity index (χ0n) is 16.9. The first-order valence-corrected chi connectivity index (χ1v) is 12.2. The fourth-order valence-corrected chi connectivity index (χ4v) is 5.18. The third-order valence-electron chi connectivity index (χ3n) is 5.03. The minimum Gasteiger partial charge on any atom is -0.454 e. The van der Waals surface area contributed by atoms with Gasteiger partial charge in [-0.05, 0) is 41.9 Å². The summed E-state index contributed by atoms with van der Waals surface area (Å²) < 4.78 is 14.4. The molecule has 4 aromatic rings. The lowest BCUT2D eigenvalue weighted by molar-refractivity contribution is -0.0278. The number of H-pyrrole nitrogens is 1. The summed E-state index contributed by atoms with van der Waals surface area (Å²) in [7, 11) is 0. The van der Waals surface area contributed by atoms with Gasteiger partial charge in [-0.3, -0.25) is 5.41 Å². The molecule has 0 fully saturated rings. The number of hydrogen-bond donors (Lipinski definition) is 2. The van der Waals surface area contributed by atoms with Crippen LogP contribution in [0, 0.1) is 5.41 Å². The monoisotopic (exact) mass is 563 g/mol. The number of hydrogen-bond acceptors (Lipinski definition) is 6. The molecule has 0 radical (unpaired) electrons. The van der Waals surface area contributed by atoms with Crippen molar-refractivity contribution in [2.75, 3.05) is 0 Å². The van der Waals surface area contributed by atoms with Gasteiger partial charge in [0.1, 0.15) is 11.8 Å². The Hall–Kier alpha value is -2.46. The number of aromatic nitrogens is 4. The maximum atomic E-state index is 8.17. The second-order valence-electron chi connectivity index (χ2n) is 7.12. The molecule has 1 aliphatic rings. The number of fused-ring (bicyclic) bond motifs is 1. The zero-order valence-corrected chi connectivity index (χ0v) is 20.8. The Morgan fingerprint density at radius 1 is 1.15 bits per heavy atom. The highest BCUT2D eigenvalue weighted by molar-refractivity contribution is 9.10. The normalized spacial score (nSPS) is 15.4. The molecule has 0 bridgehead atoms. The molecule has 2 aromatic carbocycles. The number of rotatable bonds is 6. The van der Waals surface area contributed by atoms with Gasteiger partial charge in [0.15, 0.2) is 16.3 Å². The number of benzene rings is 2. The molecule has 0 amide bonds. The van der Waals surface area contributed by atoms with E-state index < -0.39 is 6.29 Å². The van der Waals surface area contributed by atoms with E-state index in [-0.39, 0.29) is 5.49 Å². The van der Waals surface area contributed by atoms with E-state index in [1.165, 1.54) is 11.8 Å². The second-order valence-corrected chi connectivity index (χ2v) is 9.79. The first-order valence-electron chi connectivity index (χ1n) is 9.87. The van der Waals surface area contributed by atoms with Gasteiger partial charge in [0.05, 0.1) is 6.33 Å². The summed E-state index contributed by atoms with van der Waals surface area (Å²) in [5.74, 6) is 0. The van der Waals surface area contributed by atoms with Crippen LogP contribution in [0.4, 0.5) is 0 Å². The summed E-state index contributed by atoms with van der Waals surface area (Å²) in [5.41, 5.74) is 3.01. The SMILES string of the molecule is N=c1ncn(CCc2c(Cl)cccc2Cl)c2nc(SC3=COC(c4ccccc4Br)O3)[nH]c12. The predicted molar refractivity (Wildman–Crippen MR) is 131 cm³/mol. The van der Waals surface area contributed by atoms with Gasteiger partial charge >= 0.3 is 0 Å². The van der Waals surface area contributed by atoms with Gasteiger partial charge in [-0.15, -0.1) is 0 Å². The van der Waals surface area contributed by atoms with Crippen LogP contribution in [0.3, 0.4) is 0 Å². The van der Waals surface area contributed by atoms with Crippen molar-refractivity contribution >= 4 is 62.1 Å². The van der Waals surface area contributed by atoms with Crippen LogP contribution in [0.1, 0.15) is 17.4 Å². The topological polar surface area (TPSA) is 88.8 Å².